The van der Waals surface area contributed by atoms with Gasteiger partial charge in [-0.1, -0.05) is 30.3 Å². The zero-order chi connectivity index (χ0) is 16.3. The van der Waals surface area contributed by atoms with Crippen molar-refractivity contribution in [3.8, 4) is 11.3 Å². The standard InChI is InChI=1S/C18H17NO4/c20-12-23-11-9-18(8-7-16(21)22)14-5-2-1-4-13(14)17-15(18)6-3-10-19-17/h1-6,10,12H,7-9,11H2,(H,21,22). The molecule has 0 bridgehead atoms. The van der Waals surface area contributed by atoms with E-state index in [1.165, 1.54) is 0 Å². The lowest BCUT2D eigenvalue weighted by molar-refractivity contribution is -0.137. The maximum absolute atomic E-state index is 11.1. The van der Waals surface area contributed by atoms with Crippen molar-refractivity contribution in [2.24, 2.45) is 0 Å². The fourth-order valence-corrected chi connectivity index (χ4v) is 3.52. The van der Waals surface area contributed by atoms with Gasteiger partial charge in [0.05, 0.1) is 12.3 Å². The van der Waals surface area contributed by atoms with E-state index in [1.807, 2.05) is 36.4 Å². The van der Waals surface area contributed by atoms with Crippen LogP contribution in [-0.2, 0) is 19.7 Å². The fourth-order valence-electron chi connectivity index (χ4n) is 3.52. The van der Waals surface area contributed by atoms with E-state index in [0.717, 1.165) is 22.4 Å². The second kappa shape index (κ2) is 6.20. The maximum Gasteiger partial charge on any atom is 0.303 e. The van der Waals surface area contributed by atoms with Crippen LogP contribution in [0.2, 0.25) is 0 Å². The van der Waals surface area contributed by atoms with Crippen LogP contribution in [0.4, 0.5) is 0 Å². The van der Waals surface area contributed by atoms with Crippen LogP contribution in [0.3, 0.4) is 0 Å². The number of ether oxygens (including phenoxy) is 1. The Labute approximate surface area is 133 Å². The van der Waals surface area contributed by atoms with Crippen LogP contribution >= 0.6 is 0 Å². The molecule has 5 heteroatoms. The Kier molecular flexibility index (Phi) is 4.10. The van der Waals surface area contributed by atoms with Crippen molar-refractivity contribution in [3.05, 3.63) is 53.7 Å². The van der Waals surface area contributed by atoms with Crippen LogP contribution < -0.4 is 0 Å². The van der Waals surface area contributed by atoms with Crippen molar-refractivity contribution < 1.29 is 19.4 Å². The van der Waals surface area contributed by atoms with E-state index in [1.54, 1.807) is 6.20 Å². The molecule has 1 aliphatic rings. The second-order valence-corrected chi connectivity index (χ2v) is 5.64. The first-order chi connectivity index (χ1) is 11.2. The van der Waals surface area contributed by atoms with Gasteiger partial charge >= 0.3 is 5.97 Å². The van der Waals surface area contributed by atoms with Gasteiger partial charge in [-0.15, -0.1) is 0 Å². The average Bonchev–Trinajstić information content (AvgIpc) is 2.85. The van der Waals surface area contributed by atoms with E-state index >= 15 is 0 Å². The minimum absolute atomic E-state index is 0.0454. The lowest BCUT2D eigenvalue weighted by Crippen LogP contribution is -2.28. The van der Waals surface area contributed by atoms with Gasteiger partial charge in [-0.3, -0.25) is 14.6 Å². The van der Waals surface area contributed by atoms with Crippen LogP contribution in [0.5, 0.6) is 0 Å². The summed E-state index contributed by atoms with van der Waals surface area (Å²) in [5.41, 5.74) is 3.50. The number of pyridine rings is 1. The number of fused-ring (bicyclic) bond motifs is 3. The highest BCUT2D eigenvalue weighted by Gasteiger charge is 2.43. The molecule has 1 aromatic heterocycles. The smallest absolute Gasteiger partial charge is 0.303 e. The highest BCUT2D eigenvalue weighted by atomic mass is 16.5. The van der Waals surface area contributed by atoms with Crippen molar-refractivity contribution >= 4 is 12.4 Å². The highest BCUT2D eigenvalue weighted by molar-refractivity contribution is 5.78. The molecule has 1 atom stereocenters. The van der Waals surface area contributed by atoms with Crippen molar-refractivity contribution in [3.63, 3.8) is 0 Å². The van der Waals surface area contributed by atoms with E-state index in [4.69, 9.17) is 9.84 Å². The van der Waals surface area contributed by atoms with E-state index in [9.17, 15) is 9.59 Å². The molecule has 1 aromatic carbocycles. The Balaban J connectivity index is 2.12. The predicted octanol–water partition coefficient (Wildman–Crippen LogP) is 2.78. The second-order valence-electron chi connectivity index (χ2n) is 5.64. The summed E-state index contributed by atoms with van der Waals surface area (Å²) in [6.45, 7) is 0.668. The zero-order valence-corrected chi connectivity index (χ0v) is 12.6. The van der Waals surface area contributed by atoms with Gasteiger partial charge in [-0.2, -0.15) is 0 Å². The topological polar surface area (TPSA) is 76.5 Å². The molecule has 0 amide bonds. The third kappa shape index (κ3) is 2.59. The molecule has 1 N–H and O–H groups in total. The Morgan fingerprint density at radius 3 is 2.74 bits per heavy atom. The van der Waals surface area contributed by atoms with Crippen molar-refractivity contribution in [2.75, 3.05) is 6.61 Å². The van der Waals surface area contributed by atoms with Gasteiger partial charge < -0.3 is 9.84 Å². The lowest BCUT2D eigenvalue weighted by Gasteiger charge is -2.31. The third-order valence-electron chi connectivity index (χ3n) is 4.50. The first-order valence-electron chi connectivity index (χ1n) is 7.51. The molecule has 1 aliphatic carbocycles. The monoisotopic (exact) mass is 311 g/mol. The van der Waals surface area contributed by atoms with E-state index in [2.05, 4.69) is 4.98 Å². The number of carboxylic acids is 1. The Bertz CT molecular complexity index is 696. The van der Waals surface area contributed by atoms with Crippen LogP contribution in [0.1, 0.15) is 30.4 Å². The maximum atomic E-state index is 11.1. The minimum Gasteiger partial charge on any atom is -0.481 e. The molecule has 118 valence electrons. The number of carbonyl (C=O) groups excluding carboxylic acids is 1. The number of aromatic nitrogens is 1. The summed E-state index contributed by atoms with van der Waals surface area (Å²) < 4.78 is 4.91. The molecule has 1 heterocycles. The summed E-state index contributed by atoms with van der Waals surface area (Å²) >= 11 is 0. The summed E-state index contributed by atoms with van der Waals surface area (Å²) in [6, 6.07) is 11.8. The van der Waals surface area contributed by atoms with Gasteiger partial charge in [0, 0.05) is 23.6 Å². The quantitative estimate of drug-likeness (QED) is 0.628. The van der Waals surface area contributed by atoms with Crippen LogP contribution in [0, 0.1) is 0 Å². The molecule has 2 aromatic rings. The molecule has 0 fully saturated rings. The molecule has 0 spiro atoms. The number of carboxylic acid groups (broad SMARTS) is 1. The SMILES string of the molecule is O=COCCC1(CCC(=O)O)c2ccccc2-c2ncccc21. The summed E-state index contributed by atoms with van der Waals surface area (Å²) in [5.74, 6) is -0.837. The van der Waals surface area contributed by atoms with Crippen molar-refractivity contribution in [2.45, 2.75) is 24.7 Å². The molecule has 23 heavy (non-hydrogen) atoms. The van der Waals surface area contributed by atoms with Gasteiger partial charge in [0.1, 0.15) is 0 Å². The third-order valence-corrected chi connectivity index (χ3v) is 4.50. The van der Waals surface area contributed by atoms with Gasteiger partial charge in [-0.05, 0) is 30.0 Å². The van der Waals surface area contributed by atoms with E-state index in [0.29, 0.717) is 19.3 Å². The van der Waals surface area contributed by atoms with Crippen molar-refractivity contribution in [1.82, 2.24) is 4.98 Å². The first kappa shape index (κ1) is 15.2. The molecule has 0 radical (unpaired) electrons. The normalized spacial score (nSPS) is 18.1. The molecular formula is C18H17NO4. The fraction of sp³-hybridized carbons (Fsp3) is 0.278. The first-order valence-corrected chi connectivity index (χ1v) is 7.51. The number of hydrogen-bond acceptors (Lipinski definition) is 4. The molecule has 0 saturated heterocycles. The number of hydrogen-bond donors (Lipinski definition) is 1. The number of nitrogens with zero attached hydrogens (tertiary/aromatic N) is 1. The largest absolute Gasteiger partial charge is 0.481 e. The van der Waals surface area contributed by atoms with Gasteiger partial charge in [0.2, 0.25) is 0 Å². The highest BCUT2D eigenvalue weighted by Crippen LogP contribution is 2.52. The predicted molar refractivity (Wildman–Crippen MR) is 84.0 cm³/mol. The van der Waals surface area contributed by atoms with Gasteiger partial charge in [0.25, 0.3) is 6.47 Å². The van der Waals surface area contributed by atoms with E-state index in [-0.39, 0.29) is 13.0 Å². The van der Waals surface area contributed by atoms with Crippen LogP contribution in [0.25, 0.3) is 11.3 Å². The molecule has 1 unspecified atom stereocenters. The summed E-state index contributed by atoms with van der Waals surface area (Å²) in [6.07, 6.45) is 2.77. The van der Waals surface area contributed by atoms with Crippen LogP contribution in [0.15, 0.2) is 42.6 Å². The molecule has 3 rings (SSSR count). The molecule has 0 saturated carbocycles. The minimum atomic E-state index is -0.837. The molecular weight excluding hydrogens is 294 g/mol. The summed E-state index contributed by atoms with van der Waals surface area (Å²) in [5, 5.41) is 9.15. The number of carbonyl (C=O) groups is 2. The lowest BCUT2D eigenvalue weighted by atomic mass is 9.72. The Morgan fingerprint density at radius 1 is 1.17 bits per heavy atom. The Hall–Kier alpha value is -2.69. The zero-order valence-electron chi connectivity index (χ0n) is 12.6. The van der Waals surface area contributed by atoms with Crippen LogP contribution in [-0.4, -0.2) is 29.1 Å². The molecule has 0 aliphatic heterocycles. The summed E-state index contributed by atoms with van der Waals surface area (Å²) in [7, 11) is 0. The van der Waals surface area contributed by atoms with Gasteiger partial charge in [0.15, 0.2) is 0 Å². The number of benzene rings is 1. The number of aliphatic carboxylic acids is 1. The molecule has 5 nitrogen and oxygen atoms in total. The number of rotatable bonds is 7. The van der Waals surface area contributed by atoms with Gasteiger partial charge in [-0.25, -0.2) is 0 Å². The Morgan fingerprint density at radius 2 is 1.96 bits per heavy atom. The van der Waals surface area contributed by atoms with E-state index < -0.39 is 11.4 Å². The summed E-state index contributed by atoms with van der Waals surface area (Å²) in [4.78, 5) is 26.2. The van der Waals surface area contributed by atoms with Crippen molar-refractivity contribution in [1.29, 1.82) is 0 Å². The average molecular weight is 311 g/mol.